The van der Waals surface area contributed by atoms with Crippen LogP contribution in [-0.2, 0) is 0 Å². The number of fused-ring (bicyclic) bond motifs is 1. The highest BCUT2D eigenvalue weighted by molar-refractivity contribution is 5.98. The van der Waals surface area contributed by atoms with E-state index in [1.165, 1.54) is 0 Å². The van der Waals surface area contributed by atoms with Crippen LogP contribution >= 0.6 is 0 Å². The number of hydrogen-bond donors (Lipinski definition) is 1. The number of aromatic nitrogens is 3. The summed E-state index contributed by atoms with van der Waals surface area (Å²) in [5.41, 5.74) is 1.53. The van der Waals surface area contributed by atoms with Gasteiger partial charge in [-0.3, -0.25) is 9.36 Å². The molecule has 0 spiro atoms. The Morgan fingerprint density at radius 1 is 1.21 bits per heavy atom. The van der Waals surface area contributed by atoms with Gasteiger partial charge in [-0.05, 0) is 24.3 Å². The molecular weight excluding hydrogens is 240 g/mol. The molecule has 0 atom stereocenters. The second kappa shape index (κ2) is 4.53. The summed E-state index contributed by atoms with van der Waals surface area (Å²) < 4.78 is 1.86. The molecule has 19 heavy (non-hydrogen) atoms. The van der Waals surface area contributed by atoms with Crippen LogP contribution in [0.2, 0.25) is 0 Å². The molecule has 0 saturated carbocycles. The molecular formula is C14H12N4O. The first-order valence-electron chi connectivity index (χ1n) is 5.90. The smallest absolute Gasteiger partial charge is 0.251 e. The van der Waals surface area contributed by atoms with Gasteiger partial charge in [-0.1, -0.05) is 6.07 Å². The number of nitrogens with one attached hydrogen (secondary N) is 1. The van der Waals surface area contributed by atoms with E-state index in [9.17, 15) is 4.79 Å². The van der Waals surface area contributed by atoms with Gasteiger partial charge in [0.25, 0.3) is 5.91 Å². The third-order valence-electron chi connectivity index (χ3n) is 2.95. The highest BCUT2D eigenvalue weighted by Gasteiger charge is 2.09. The summed E-state index contributed by atoms with van der Waals surface area (Å²) in [6, 6.07) is 9.30. The number of benzene rings is 1. The molecule has 0 radical (unpaired) electrons. The number of carbonyl (C=O) groups is 1. The molecule has 0 saturated heterocycles. The molecule has 3 rings (SSSR count). The molecule has 0 aliphatic rings. The fourth-order valence-electron chi connectivity index (χ4n) is 2.00. The van der Waals surface area contributed by atoms with Gasteiger partial charge < -0.3 is 5.32 Å². The van der Waals surface area contributed by atoms with Gasteiger partial charge in [-0.15, -0.1) is 0 Å². The van der Waals surface area contributed by atoms with Gasteiger partial charge in [-0.25, -0.2) is 9.97 Å². The molecule has 0 aliphatic carbocycles. The van der Waals surface area contributed by atoms with Crippen molar-refractivity contribution in [2.75, 3.05) is 7.05 Å². The quantitative estimate of drug-likeness (QED) is 0.756. The first-order valence-corrected chi connectivity index (χ1v) is 5.90. The van der Waals surface area contributed by atoms with E-state index in [0.29, 0.717) is 11.5 Å². The van der Waals surface area contributed by atoms with Gasteiger partial charge in [0.05, 0.1) is 5.52 Å². The molecule has 3 aromatic rings. The molecule has 0 fully saturated rings. The van der Waals surface area contributed by atoms with Gasteiger partial charge >= 0.3 is 0 Å². The van der Waals surface area contributed by atoms with Crippen LogP contribution < -0.4 is 5.32 Å². The van der Waals surface area contributed by atoms with Crippen molar-refractivity contribution in [1.82, 2.24) is 19.9 Å². The van der Waals surface area contributed by atoms with E-state index >= 15 is 0 Å². The van der Waals surface area contributed by atoms with Crippen LogP contribution in [0.3, 0.4) is 0 Å². The van der Waals surface area contributed by atoms with Crippen LogP contribution in [0.15, 0.2) is 48.9 Å². The maximum absolute atomic E-state index is 11.7. The van der Waals surface area contributed by atoms with E-state index < -0.39 is 0 Å². The van der Waals surface area contributed by atoms with E-state index in [1.54, 1.807) is 31.6 Å². The summed E-state index contributed by atoms with van der Waals surface area (Å²) in [6.07, 6.45) is 5.28. The Balaban J connectivity index is 2.19. The number of nitrogens with zero attached hydrogens (tertiary/aromatic N) is 3. The zero-order valence-corrected chi connectivity index (χ0v) is 10.4. The van der Waals surface area contributed by atoms with Crippen molar-refractivity contribution in [1.29, 1.82) is 0 Å². The lowest BCUT2D eigenvalue weighted by Crippen LogP contribution is -2.17. The van der Waals surface area contributed by atoms with Crippen LogP contribution in [0, 0.1) is 0 Å². The zero-order chi connectivity index (χ0) is 13.2. The topological polar surface area (TPSA) is 59.8 Å². The van der Waals surface area contributed by atoms with Crippen LogP contribution in [0.5, 0.6) is 0 Å². The second-order valence-corrected chi connectivity index (χ2v) is 4.09. The summed E-state index contributed by atoms with van der Waals surface area (Å²) in [7, 11) is 1.62. The van der Waals surface area contributed by atoms with E-state index in [2.05, 4.69) is 15.3 Å². The van der Waals surface area contributed by atoms with Crippen LogP contribution in [0.25, 0.3) is 16.9 Å². The minimum atomic E-state index is -0.108. The predicted octanol–water partition coefficient (Wildman–Crippen LogP) is 1.78. The van der Waals surface area contributed by atoms with E-state index in [1.807, 2.05) is 29.0 Å². The maximum Gasteiger partial charge on any atom is 0.251 e. The lowest BCUT2D eigenvalue weighted by Gasteiger charge is -2.04. The Morgan fingerprint density at radius 3 is 2.74 bits per heavy atom. The second-order valence-electron chi connectivity index (χ2n) is 4.09. The number of rotatable bonds is 2. The molecule has 0 aliphatic heterocycles. The van der Waals surface area contributed by atoms with Crippen molar-refractivity contribution in [2.24, 2.45) is 0 Å². The average Bonchev–Trinajstić information content (AvgIpc) is 2.90. The summed E-state index contributed by atoms with van der Waals surface area (Å²) in [4.78, 5) is 20.1. The minimum Gasteiger partial charge on any atom is -0.355 e. The Kier molecular flexibility index (Phi) is 2.72. The fourth-order valence-corrected chi connectivity index (χ4v) is 2.00. The predicted molar refractivity (Wildman–Crippen MR) is 72.3 cm³/mol. The van der Waals surface area contributed by atoms with E-state index in [4.69, 9.17) is 0 Å². The molecule has 5 heteroatoms. The fraction of sp³-hybridized carbons (Fsp3) is 0.0714. The number of hydrogen-bond acceptors (Lipinski definition) is 3. The lowest BCUT2D eigenvalue weighted by molar-refractivity contribution is 0.0963. The average molecular weight is 252 g/mol. The molecule has 0 bridgehead atoms. The summed E-state index contributed by atoms with van der Waals surface area (Å²) in [5.74, 6) is 0.482. The molecule has 2 heterocycles. The van der Waals surface area contributed by atoms with Gasteiger partial charge in [0.1, 0.15) is 0 Å². The van der Waals surface area contributed by atoms with Gasteiger partial charge in [0.15, 0.2) is 0 Å². The highest BCUT2D eigenvalue weighted by Crippen LogP contribution is 2.19. The Bertz CT molecular complexity index is 734. The molecule has 1 aromatic carbocycles. The van der Waals surface area contributed by atoms with Crippen molar-refractivity contribution >= 4 is 16.8 Å². The molecule has 1 N–H and O–H groups in total. The van der Waals surface area contributed by atoms with Crippen molar-refractivity contribution in [3.8, 4) is 5.95 Å². The summed E-state index contributed by atoms with van der Waals surface area (Å²) in [6.45, 7) is 0. The van der Waals surface area contributed by atoms with Crippen LogP contribution in [0.1, 0.15) is 10.4 Å². The van der Waals surface area contributed by atoms with Gasteiger partial charge in [0, 0.05) is 36.6 Å². The largest absolute Gasteiger partial charge is 0.355 e. The Labute approximate surface area is 109 Å². The highest BCUT2D eigenvalue weighted by atomic mass is 16.1. The molecule has 5 nitrogen and oxygen atoms in total. The van der Waals surface area contributed by atoms with E-state index in [0.717, 1.165) is 10.9 Å². The standard InChI is InChI=1S/C14H12N4O/c1-15-13(19)11-4-3-10-5-8-18(12(10)9-11)14-16-6-2-7-17-14/h2-9H,1H3,(H,15,19). The molecule has 0 unspecified atom stereocenters. The first-order chi connectivity index (χ1) is 9.29. The van der Waals surface area contributed by atoms with Crippen molar-refractivity contribution in [3.05, 3.63) is 54.5 Å². The molecule has 1 amide bonds. The first kappa shape index (κ1) is 11.4. The third-order valence-corrected chi connectivity index (χ3v) is 2.95. The lowest BCUT2D eigenvalue weighted by atomic mass is 10.1. The van der Waals surface area contributed by atoms with Gasteiger partial charge in [-0.2, -0.15) is 0 Å². The van der Waals surface area contributed by atoms with Crippen molar-refractivity contribution in [2.45, 2.75) is 0 Å². The van der Waals surface area contributed by atoms with Crippen LogP contribution in [0.4, 0.5) is 0 Å². The normalized spacial score (nSPS) is 10.6. The SMILES string of the molecule is CNC(=O)c1ccc2ccn(-c3ncccn3)c2c1. The monoisotopic (exact) mass is 252 g/mol. The van der Waals surface area contributed by atoms with Crippen molar-refractivity contribution in [3.63, 3.8) is 0 Å². The third kappa shape index (κ3) is 1.95. The number of carbonyl (C=O) groups excluding carboxylic acids is 1. The Hall–Kier alpha value is -2.69. The zero-order valence-electron chi connectivity index (χ0n) is 10.4. The number of amides is 1. The van der Waals surface area contributed by atoms with Crippen LogP contribution in [-0.4, -0.2) is 27.5 Å². The molecule has 94 valence electrons. The summed E-state index contributed by atoms with van der Waals surface area (Å²) >= 11 is 0. The Morgan fingerprint density at radius 2 is 2.00 bits per heavy atom. The maximum atomic E-state index is 11.7. The molecule has 2 aromatic heterocycles. The van der Waals surface area contributed by atoms with Crippen molar-refractivity contribution < 1.29 is 4.79 Å². The van der Waals surface area contributed by atoms with Gasteiger partial charge in [0.2, 0.25) is 5.95 Å². The minimum absolute atomic E-state index is 0.108. The van der Waals surface area contributed by atoms with E-state index in [-0.39, 0.29) is 5.91 Å². The summed E-state index contributed by atoms with van der Waals surface area (Å²) in [5, 5.41) is 3.66.